The third-order valence-electron chi connectivity index (χ3n) is 2.18. The van der Waals surface area contributed by atoms with Crippen molar-refractivity contribution in [2.45, 2.75) is 6.61 Å². The topological polar surface area (TPSA) is 26.3 Å². The quantitative estimate of drug-likeness (QED) is 0.532. The van der Waals surface area contributed by atoms with Gasteiger partial charge < -0.3 is 9.30 Å². The molecule has 0 N–H and O–H groups in total. The van der Waals surface area contributed by atoms with E-state index >= 15 is 0 Å². The third kappa shape index (κ3) is 1.54. The van der Waals surface area contributed by atoms with Crippen molar-refractivity contribution < 1.29 is 9.30 Å². The molecule has 0 aliphatic carbocycles. The van der Waals surface area contributed by atoms with E-state index in [1.165, 1.54) is 0 Å². The van der Waals surface area contributed by atoms with Crippen LogP contribution in [0.15, 0.2) is 24.3 Å². The second-order valence-corrected chi connectivity index (χ2v) is 6.59. The third-order valence-corrected chi connectivity index (χ3v) is 5.64. The molecule has 0 radical (unpaired) electrons. The largest absolute Gasteiger partial charge is 0.369 e. The minimum atomic E-state index is -2.44. The minimum absolute atomic E-state index is 0.171. The molecule has 2 nitrogen and oxygen atoms in total. The van der Waals surface area contributed by atoms with Gasteiger partial charge in [0.05, 0.1) is 12.2 Å². The van der Waals surface area contributed by atoms with E-state index in [9.17, 15) is 4.57 Å². The van der Waals surface area contributed by atoms with E-state index in [-0.39, 0.29) is 12.0 Å². The summed E-state index contributed by atoms with van der Waals surface area (Å²) in [6, 6.07) is 7.64. The van der Waals surface area contributed by atoms with Gasteiger partial charge in [-0.05, 0) is 5.56 Å². The van der Waals surface area contributed by atoms with Crippen LogP contribution in [-0.2, 0) is 15.9 Å². The molecule has 2 rings (SSSR count). The van der Waals surface area contributed by atoms with Gasteiger partial charge in [-0.3, -0.25) is 0 Å². The van der Waals surface area contributed by atoms with Crippen molar-refractivity contribution >= 4 is 24.0 Å². The first-order valence-corrected chi connectivity index (χ1v) is 6.68. The SMILES string of the molecule is O=P1(CCl)COCc2ccccc21. The van der Waals surface area contributed by atoms with Gasteiger partial charge in [0.15, 0.2) is 7.14 Å². The van der Waals surface area contributed by atoms with E-state index in [4.69, 9.17) is 16.3 Å². The van der Waals surface area contributed by atoms with Gasteiger partial charge in [0.2, 0.25) is 0 Å². The van der Waals surface area contributed by atoms with E-state index in [2.05, 4.69) is 0 Å². The van der Waals surface area contributed by atoms with Crippen molar-refractivity contribution in [2.75, 3.05) is 12.0 Å². The summed E-state index contributed by atoms with van der Waals surface area (Å²) < 4.78 is 17.4. The molecule has 0 spiro atoms. The summed E-state index contributed by atoms with van der Waals surface area (Å²) in [4.78, 5) is 0. The first-order valence-electron chi connectivity index (χ1n) is 4.06. The monoisotopic (exact) mass is 216 g/mol. The van der Waals surface area contributed by atoms with Crippen molar-refractivity contribution in [3.8, 4) is 0 Å². The van der Waals surface area contributed by atoms with Crippen LogP contribution in [0.4, 0.5) is 0 Å². The lowest BCUT2D eigenvalue weighted by Gasteiger charge is -2.24. The Morgan fingerprint density at radius 1 is 1.46 bits per heavy atom. The number of rotatable bonds is 1. The Hall–Kier alpha value is -0.300. The van der Waals surface area contributed by atoms with Gasteiger partial charge in [-0.15, -0.1) is 11.6 Å². The molecule has 1 aliphatic heterocycles. The van der Waals surface area contributed by atoms with Crippen molar-refractivity contribution in [1.29, 1.82) is 0 Å². The molecule has 1 aromatic carbocycles. The van der Waals surface area contributed by atoms with Crippen molar-refractivity contribution in [1.82, 2.24) is 0 Å². The van der Waals surface area contributed by atoms with Crippen LogP contribution >= 0.6 is 18.7 Å². The highest BCUT2D eigenvalue weighted by molar-refractivity contribution is 7.72. The zero-order chi connectivity index (χ0) is 9.31. The number of halogens is 1. The van der Waals surface area contributed by atoms with Gasteiger partial charge in [-0.25, -0.2) is 0 Å². The first kappa shape index (κ1) is 9.26. The van der Waals surface area contributed by atoms with Crippen LogP contribution in [0.1, 0.15) is 5.56 Å². The molecule has 0 bridgehead atoms. The van der Waals surface area contributed by atoms with Crippen LogP contribution in [0, 0.1) is 0 Å². The van der Waals surface area contributed by atoms with Crippen LogP contribution in [0.3, 0.4) is 0 Å². The van der Waals surface area contributed by atoms with Crippen LogP contribution in [0.25, 0.3) is 0 Å². The predicted octanol–water partition coefficient (Wildman–Crippen LogP) is 2.36. The maximum atomic E-state index is 12.2. The molecule has 1 atom stereocenters. The average molecular weight is 217 g/mol. The summed E-state index contributed by atoms with van der Waals surface area (Å²) >= 11 is 5.71. The summed E-state index contributed by atoms with van der Waals surface area (Å²) in [5, 5.41) is 0.899. The molecule has 0 fully saturated rings. The molecular formula is C9H10ClO2P. The van der Waals surface area contributed by atoms with E-state index in [0.717, 1.165) is 10.9 Å². The molecule has 4 heteroatoms. The minimum Gasteiger partial charge on any atom is -0.369 e. The molecule has 0 amide bonds. The zero-order valence-corrected chi connectivity index (χ0v) is 8.72. The van der Waals surface area contributed by atoms with Crippen molar-refractivity contribution in [2.24, 2.45) is 0 Å². The smallest absolute Gasteiger partial charge is 0.154 e. The fourth-order valence-electron chi connectivity index (χ4n) is 1.50. The van der Waals surface area contributed by atoms with Gasteiger partial charge >= 0.3 is 0 Å². The molecular weight excluding hydrogens is 207 g/mol. The highest BCUT2D eigenvalue weighted by Crippen LogP contribution is 2.48. The maximum absolute atomic E-state index is 12.2. The Bertz CT molecular complexity index is 364. The molecule has 1 aromatic rings. The summed E-state index contributed by atoms with van der Waals surface area (Å²) in [6.07, 6.45) is 0.285. The fourth-order valence-corrected chi connectivity index (χ4v) is 3.84. The number of fused-ring (bicyclic) bond motifs is 1. The fraction of sp³-hybridized carbons (Fsp3) is 0.333. The van der Waals surface area contributed by atoms with Crippen LogP contribution in [0.5, 0.6) is 0 Å². The highest BCUT2D eigenvalue weighted by atomic mass is 35.5. The lowest BCUT2D eigenvalue weighted by molar-refractivity contribution is 0.159. The van der Waals surface area contributed by atoms with Crippen molar-refractivity contribution in [3.05, 3.63) is 29.8 Å². The average Bonchev–Trinajstić information content (AvgIpc) is 2.19. The Morgan fingerprint density at radius 3 is 3.00 bits per heavy atom. The highest BCUT2D eigenvalue weighted by Gasteiger charge is 2.29. The predicted molar refractivity (Wildman–Crippen MR) is 54.1 cm³/mol. The van der Waals surface area contributed by atoms with Gasteiger partial charge in [0.25, 0.3) is 0 Å². The van der Waals surface area contributed by atoms with E-state index < -0.39 is 7.14 Å². The molecule has 0 aromatic heterocycles. The van der Waals surface area contributed by atoms with Crippen LogP contribution < -0.4 is 5.30 Å². The van der Waals surface area contributed by atoms with Gasteiger partial charge in [-0.1, -0.05) is 24.3 Å². The van der Waals surface area contributed by atoms with E-state index in [1.54, 1.807) is 0 Å². The second-order valence-electron chi connectivity index (χ2n) is 3.12. The number of hydrogen-bond donors (Lipinski definition) is 0. The standard InChI is InChI=1S/C9H10ClO2P/c10-6-13(11)7-12-5-8-3-1-2-4-9(8)13/h1-4H,5-7H2. The zero-order valence-electron chi connectivity index (χ0n) is 7.07. The molecule has 0 saturated carbocycles. The molecule has 13 heavy (non-hydrogen) atoms. The van der Waals surface area contributed by atoms with Crippen LogP contribution in [0.2, 0.25) is 0 Å². The lowest BCUT2D eigenvalue weighted by atomic mass is 10.2. The van der Waals surface area contributed by atoms with Gasteiger partial charge in [-0.2, -0.15) is 0 Å². The summed E-state index contributed by atoms with van der Waals surface area (Å²) in [7, 11) is -2.44. The molecule has 70 valence electrons. The second kappa shape index (κ2) is 3.45. The Labute approximate surface area is 82.2 Å². The summed E-state index contributed by atoms with van der Waals surface area (Å²) in [5.74, 6) is 0. The van der Waals surface area contributed by atoms with Crippen LogP contribution in [-0.4, -0.2) is 12.0 Å². The Kier molecular flexibility index (Phi) is 2.46. The van der Waals surface area contributed by atoms with Crippen molar-refractivity contribution in [3.63, 3.8) is 0 Å². The Morgan fingerprint density at radius 2 is 2.23 bits per heavy atom. The van der Waals surface area contributed by atoms with E-state index in [1.807, 2.05) is 24.3 Å². The van der Waals surface area contributed by atoms with Gasteiger partial charge in [0.1, 0.15) is 6.35 Å². The molecule has 1 unspecified atom stereocenters. The van der Waals surface area contributed by atoms with E-state index in [0.29, 0.717) is 6.61 Å². The normalized spacial score (nSPS) is 26.8. The molecule has 0 saturated heterocycles. The number of ether oxygens (including phenoxy) is 1. The molecule has 1 heterocycles. The Balaban J connectivity index is 2.55. The molecule has 1 aliphatic rings. The summed E-state index contributed by atoms with van der Waals surface area (Å²) in [6.45, 7) is 0.553. The first-order chi connectivity index (χ1) is 6.26. The lowest BCUT2D eigenvalue weighted by Crippen LogP contribution is -2.21. The number of benzene rings is 1. The number of hydrogen-bond acceptors (Lipinski definition) is 2. The number of alkyl halides is 1. The summed E-state index contributed by atoms with van der Waals surface area (Å²) in [5.41, 5.74) is 1.18. The van der Waals surface area contributed by atoms with Gasteiger partial charge in [0, 0.05) is 5.30 Å². The maximum Gasteiger partial charge on any atom is 0.154 e.